The average molecular weight is 429 g/mol. The molecule has 154 valence electrons. The Morgan fingerprint density at radius 2 is 1.74 bits per heavy atom. The summed E-state index contributed by atoms with van der Waals surface area (Å²) in [6, 6.07) is -2.96. The van der Waals surface area contributed by atoms with Gasteiger partial charge in [-0.25, -0.2) is 4.57 Å². The highest BCUT2D eigenvalue weighted by atomic mass is 32.7. The van der Waals surface area contributed by atoms with Gasteiger partial charge in [-0.15, -0.1) is 0 Å². The summed E-state index contributed by atoms with van der Waals surface area (Å²) in [6.07, 6.45) is -0.698. The second kappa shape index (κ2) is 11.0. The molecule has 0 aliphatic rings. The van der Waals surface area contributed by atoms with Gasteiger partial charge in [-0.05, 0) is 17.8 Å². The Morgan fingerprint density at radius 1 is 1.19 bits per heavy atom. The first-order chi connectivity index (χ1) is 12.2. The summed E-state index contributed by atoms with van der Waals surface area (Å²) in [7, 11) is 0. The van der Waals surface area contributed by atoms with Crippen LogP contribution < -0.4 is 11.1 Å². The molecule has 2 atom stereocenters. The van der Waals surface area contributed by atoms with Gasteiger partial charge in [-0.3, -0.25) is 28.9 Å². The van der Waals surface area contributed by atoms with E-state index in [0.29, 0.717) is 4.90 Å². The molecule has 15 heteroatoms. The van der Waals surface area contributed by atoms with Crippen LogP contribution in [-0.4, -0.2) is 78.9 Å². The largest absolute Gasteiger partial charge is 0.480 e. The van der Waals surface area contributed by atoms with Crippen molar-refractivity contribution in [3.05, 3.63) is 0 Å². The summed E-state index contributed by atoms with van der Waals surface area (Å²) >= 11 is 0.0162. The maximum Gasteiger partial charge on any atom is 0.384 e. The molecule has 0 heterocycles. The second-order valence-electron chi connectivity index (χ2n) is 5.23. The number of aliphatic carboxylic acids is 2. The van der Waals surface area contributed by atoms with Gasteiger partial charge in [0.05, 0.1) is 0 Å². The van der Waals surface area contributed by atoms with Crippen LogP contribution >= 0.6 is 18.2 Å². The van der Waals surface area contributed by atoms with Gasteiger partial charge in [0.1, 0.15) is 18.6 Å². The van der Waals surface area contributed by atoms with Gasteiger partial charge in [0.2, 0.25) is 11.8 Å². The van der Waals surface area contributed by atoms with Gasteiger partial charge >= 0.3 is 18.7 Å². The lowest BCUT2D eigenvalue weighted by Crippen LogP contribution is -2.52. The van der Waals surface area contributed by atoms with E-state index < -0.39 is 67.3 Å². The lowest BCUT2D eigenvalue weighted by Gasteiger charge is -2.24. The van der Waals surface area contributed by atoms with Gasteiger partial charge in [-0.1, -0.05) is 0 Å². The minimum absolute atomic E-state index is 0.0162. The van der Waals surface area contributed by atoms with Gasteiger partial charge < -0.3 is 31.1 Å². The minimum atomic E-state index is -4.63. The van der Waals surface area contributed by atoms with Crippen LogP contribution in [0.15, 0.2) is 0 Å². The molecule has 0 aromatic rings. The van der Waals surface area contributed by atoms with E-state index in [9.17, 15) is 28.5 Å². The first-order valence-corrected chi connectivity index (χ1v) is 10.5. The smallest absolute Gasteiger partial charge is 0.384 e. The molecule has 27 heavy (non-hydrogen) atoms. The Labute approximate surface area is 157 Å². The molecule has 0 saturated heterocycles. The Balaban J connectivity index is 5.25. The molecular weight excluding hydrogens is 409 g/mol. The van der Waals surface area contributed by atoms with Crippen molar-refractivity contribution < 1.29 is 48.5 Å². The van der Waals surface area contributed by atoms with Crippen molar-refractivity contribution in [2.45, 2.75) is 31.8 Å². The standard InChI is InChI=1S/C12H20N3O10PS/c1-6(16)15(4-10(18)19)11(20)8(5-27-26(23,24)25)14-9(17)3-2-7(13)12(21)22/h7-8H,2-5,13H2,1H3,(H,14,17)(H,18,19)(H,21,22)(H2,23,24,25). The summed E-state index contributed by atoms with van der Waals surface area (Å²) in [5.74, 6) is -6.51. The third kappa shape index (κ3) is 10.7. The van der Waals surface area contributed by atoms with Crippen molar-refractivity contribution in [3.63, 3.8) is 0 Å². The fourth-order valence-corrected chi connectivity index (χ4v) is 3.29. The molecular formula is C12H20N3O10PS. The molecule has 0 bridgehead atoms. The molecule has 0 spiro atoms. The number of nitrogens with one attached hydrogen (secondary N) is 1. The SMILES string of the molecule is CC(=O)N(CC(=O)O)C(=O)C(CSP(=O)(O)O)NC(=O)CCC(N)C(=O)O. The third-order valence-electron chi connectivity index (χ3n) is 2.98. The first-order valence-electron chi connectivity index (χ1n) is 7.26. The molecule has 0 aromatic heterocycles. The maximum absolute atomic E-state index is 12.4. The zero-order valence-corrected chi connectivity index (χ0v) is 15.8. The number of hydrogen-bond acceptors (Lipinski definition) is 8. The molecule has 13 nitrogen and oxygen atoms in total. The van der Waals surface area contributed by atoms with Gasteiger partial charge in [0, 0.05) is 19.1 Å². The van der Waals surface area contributed by atoms with Crippen LogP contribution in [0.5, 0.6) is 0 Å². The zero-order valence-electron chi connectivity index (χ0n) is 14.1. The van der Waals surface area contributed by atoms with E-state index in [-0.39, 0.29) is 17.8 Å². The number of nitrogens with zero attached hydrogens (tertiary/aromatic N) is 1. The third-order valence-corrected chi connectivity index (χ3v) is 5.26. The average Bonchev–Trinajstić information content (AvgIpc) is 2.52. The summed E-state index contributed by atoms with van der Waals surface area (Å²) < 4.78 is 11.0. The number of nitrogens with two attached hydrogens (primary N) is 1. The van der Waals surface area contributed by atoms with E-state index in [4.69, 9.17) is 25.7 Å². The van der Waals surface area contributed by atoms with Crippen molar-refractivity contribution in [2.75, 3.05) is 12.3 Å². The topological polar surface area (TPSA) is 225 Å². The highest BCUT2D eigenvalue weighted by Gasteiger charge is 2.32. The highest BCUT2D eigenvalue weighted by molar-refractivity contribution is 8.54. The predicted octanol–water partition coefficient (Wildman–Crippen LogP) is -2.05. The lowest BCUT2D eigenvalue weighted by molar-refractivity contribution is -0.152. The molecule has 0 fully saturated rings. The van der Waals surface area contributed by atoms with Crippen molar-refractivity contribution >= 4 is 47.8 Å². The Morgan fingerprint density at radius 3 is 2.15 bits per heavy atom. The molecule has 0 aliphatic carbocycles. The van der Waals surface area contributed by atoms with Crippen LogP contribution in [0, 0.1) is 0 Å². The number of rotatable bonds is 11. The molecule has 3 amide bonds. The number of carbonyl (C=O) groups excluding carboxylic acids is 3. The second-order valence-corrected chi connectivity index (χ2v) is 9.00. The molecule has 0 saturated carbocycles. The van der Waals surface area contributed by atoms with E-state index in [1.807, 2.05) is 0 Å². The van der Waals surface area contributed by atoms with Crippen LogP contribution in [0.4, 0.5) is 0 Å². The van der Waals surface area contributed by atoms with Gasteiger partial charge in [-0.2, -0.15) is 0 Å². The normalized spacial score (nSPS) is 13.3. The van der Waals surface area contributed by atoms with Crippen molar-refractivity contribution in [3.8, 4) is 0 Å². The molecule has 0 rings (SSSR count). The van der Waals surface area contributed by atoms with Crippen LogP contribution in [0.25, 0.3) is 0 Å². The molecule has 0 radical (unpaired) electrons. The predicted molar refractivity (Wildman–Crippen MR) is 91.3 cm³/mol. The molecule has 0 aliphatic heterocycles. The number of carboxylic acid groups (broad SMARTS) is 2. The monoisotopic (exact) mass is 429 g/mol. The lowest BCUT2D eigenvalue weighted by atomic mass is 10.1. The van der Waals surface area contributed by atoms with E-state index in [1.54, 1.807) is 0 Å². The summed E-state index contributed by atoms with van der Waals surface area (Å²) in [5, 5.41) is 19.5. The van der Waals surface area contributed by atoms with Crippen molar-refractivity contribution in [2.24, 2.45) is 5.73 Å². The number of carbonyl (C=O) groups is 5. The van der Waals surface area contributed by atoms with Crippen LogP contribution in [0.3, 0.4) is 0 Å². The Bertz CT molecular complexity index is 651. The number of hydrogen-bond donors (Lipinski definition) is 6. The van der Waals surface area contributed by atoms with Crippen molar-refractivity contribution in [1.29, 1.82) is 0 Å². The fraction of sp³-hybridized carbons (Fsp3) is 0.583. The fourth-order valence-electron chi connectivity index (χ4n) is 1.69. The van der Waals surface area contributed by atoms with E-state index in [2.05, 4.69) is 5.32 Å². The van der Waals surface area contributed by atoms with E-state index in [1.165, 1.54) is 0 Å². The first kappa shape index (κ1) is 25.0. The molecule has 7 N–H and O–H groups in total. The Hall–Kier alpha value is -1.99. The van der Waals surface area contributed by atoms with Crippen LogP contribution in [0.2, 0.25) is 0 Å². The molecule has 2 unspecified atom stereocenters. The number of amides is 3. The van der Waals surface area contributed by atoms with Gasteiger partial charge in [0.25, 0.3) is 5.91 Å². The number of imide groups is 1. The van der Waals surface area contributed by atoms with Crippen molar-refractivity contribution in [1.82, 2.24) is 10.2 Å². The zero-order chi connectivity index (χ0) is 21.4. The maximum atomic E-state index is 12.4. The quantitative estimate of drug-likeness (QED) is 0.195. The van der Waals surface area contributed by atoms with Crippen LogP contribution in [0.1, 0.15) is 19.8 Å². The van der Waals surface area contributed by atoms with E-state index in [0.717, 1.165) is 6.92 Å². The number of carboxylic acids is 2. The summed E-state index contributed by atoms with van der Waals surface area (Å²) in [4.78, 5) is 75.3. The minimum Gasteiger partial charge on any atom is -0.480 e. The molecule has 0 aromatic carbocycles. The van der Waals surface area contributed by atoms with E-state index >= 15 is 0 Å². The van der Waals surface area contributed by atoms with Gasteiger partial charge in [0.15, 0.2) is 0 Å². The van der Waals surface area contributed by atoms with Crippen LogP contribution in [-0.2, 0) is 28.5 Å². The summed E-state index contributed by atoms with van der Waals surface area (Å²) in [5.41, 5.74) is 5.24. The highest BCUT2D eigenvalue weighted by Crippen LogP contribution is 2.50. The summed E-state index contributed by atoms with van der Waals surface area (Å²) in [6.45, 7) is -4.74. The Kier molecular flexibility index (Phi) is 10.2.